The highest BCUT2D eigenvalue weighted by Gasteiger charge is 2.16. The molecule has 1 fully saturated rings. The van der Waals surface area contributed by atoms with Gasteiger partial charge in [-0.15, -0.1) is 17.0 Å². The van der Waals surface area contributed by atoms with Crippen molar-refractivity contribution in [2.75, 3.05) is 13.1 Å². The van der Waals surface area contributed by atoms with Gasteiger partial charge in [-0.2, -0.15) is 0 Å². The third-order valence-electron chi connectivity index (χ3n) is 1.47. The van der Waals surface area contributed by atoms with Gasteiger partial charge in [0.1, 0.15) is 5.78 Å². The van der Waals surface area contributed by atoms with Crippen molar-refractivity contribution in [3.63, 3.8) is 0 Å². The van der Waals surface area contributed by atoms with Gasteiger partial charge in [0, 0.05) is 13.0 Å². The van der Waals surface area contributed by atoms with E-state index in [0.717, 1.165) is 19.5 Å². The van der Waals surface area contributed by atoms with Gasteiger partial charge >= 0.3 is 0 Å². The molecule has 1 atom stereocenters. The Labute approximate surface area is 79.6 Å². The second-order valence-corrected chi connectivity index (χ2v) is 3.33. The number of alkyl halides is 1. The van der Waals surface area contributed by atoms with E-state index < -0.39 is 0 Å². The van der Waals surface area contributed by atoms with Gasteiger partial charge in [-0.05, 0) is 13.0 Å². The Morgan fingerprint density at radius 3 is 2.90 bits per heavy atom. The van der Waals surface area contributed by atoms with Gasteiger partial charge in [-0.25, -0.2) is 0 Å². The summed E-state index contributed by atoms with van der Waals surface area (Å²) in [6.07, 6.45) is 1.61. The predicted molar refractivity (Wildman–Crippen MR) is 50.1 cm³/mol. The normalized spacial score (nSPS) is 26.9. The van der Waals surface area contributed by atoms with E-state index in [-0.39, 0.29) is 21.8 Å². The van der Waals surface area contributed by atoms with E-state index in [1.807, 2.05) is 0 Å². The summed E-state index contributed by atoms with van der Waals surface area (Å²) in [6, 6.07) is 0. The van der Waals surface area contributed by atoms with Crippen molar-refractivity contribution >= 4 is 38.7 Å². The minimum atomic E-state index is 0. The lowest BCUT2D eigenvalue weighted by atomic mass is 10.2. The molecule has 0 aliphatic carbocycles. The van der Waals surface area contributed by atoms with Gasteiger partial charge in [0.15, 0.2) is 0 Å². The molecule has 0 aromatic rings. The zero-order valence-electron chi connectivity index (χ0n) is 5.60. The Kier molecular flexibility index (Phi) is 5.58. The topological polar surface area (TPSA) is 29.1 Å². The first-order valence-electron chi connectivity index (χ1n) is 3.18. The first-order chi connectivity index (χ1) is 4.30. The van der Waals surface area contributed by atoms with Crippen molar-refractivity contribution in [1.29, 1.82) is 0 Å². The summed E-state index contributed by atoms with van der Waals surface area (Å²) in [6.45, 7) is 1.81. The number of halogens is 2. The molecule has 1 unspecified atom stereocenters. The highest BCUT2D eigenvalue weighted by molar-refractivity contribution is 9.10. The van der Waals surface area contributed by atoms with Gasteiger partial charge in [-0.1, -0.05) is 15.9 Å². The molecular weight excluding hydrogens is 262 g/mol. The fraction of sp³-hybridized carbons (Fsp3) is 0.833. The number of hydrogen-bond donors (Lipinski definition) is 1. The largest absolute Gasteiger partial charge is 0.316 e. The van der Waals surface area contributed by atoms with Crippen LogP contribution in [-0.2, 0) is 4.79 Å². The molecule has 2 nitrogen and oxygen atoms in total. The van der Waals surface area contributed by atoms with Crippen LogP contribution in [0.25, 0.3) is 0 Å². The Morgan fingerprint density at radius 1 is 1.50 bits per heavy atom. The number of carbonyl (C=O) groups is 1. The Balaban J connectivity index is 0.000000810. The maximum Gasteiger partial charge on any atom is 0.147 e. The zero-order chi connectivity index (χ0) is 6.69. The van der Waals surface area contributed by atoms with E-state index in [2.05, 4.69) is 21.2 Å². The molecule has 10 heavy (non-hydrogen) atoms. The summed E-state index contributed by atoms with van der Waals surface area (Å²) < 4.78 is 0. The summed E-state index contributed by atoms with van der Waals surface area (Å²) in [5.74, 6) is 0.333. The first kappa shape index (κ1) is 10.6. The molecule has 60 valence electrons. The number of nitrogens with one attached hydrogen (secondary N) is 1. The monoisotopic (exact) mass is 271 g/mol. The number of rotatable bonds is 0. The second kappa shape index (κ2) is 5.27. The van der Waals surface area contributed by atoms with Crippen molar-refractivity contribution in [3.8, 4) is 0 Å². The Morgan fingerprint density at radius 2 is 2.20 bits per heavy atom. The molecular formula is C6H11Br2NO. The molecule has 1 N–H and O–H groups in total. The summed E-state index contributed by atoms with van der Waals surface area (Å²) in [4.78, 5) is 11.0. The zero-order valence-corrected chi connectivity index (χ0v) is 8.90. The maximum atomic E-state index is 10.9. The molecule has 0 saturated carbocycles. The lowest BCUT2D eigenvalue weighted by molar-refractivity contribution is -0.118. The van der Waals surface area contributed by atoms with Crippen molar-refractivity contribution in [2.45, 2.75) is 17.7 Å². The molecule has 0 spiro atoms. The smallest absolute Gasteiger partial charge is 0.147 e. The second-order valence-electron chi connectivity index (χ2n) is 2.22. The molecule has 4 heteroatoms. The van der Waals surface area contributed by atoms with Gasteiger partial charge < -0.3 is 5.32 Å². The average Bonchev–Trinajstić information content (AvgIpc) is 1.99. The Bertz CT molecular complexity index is 118. The molecule has 0 aromatic heterocycles. The van der Waals surface area contributed by atoms with Crippen LogP contribution in [0.1, 0.15) is 12.8 Å². The van der Waals surface area contributed by atoms with E-state index in [1.165, 1.54) is 0 Å². The first-order valence-corrected chi connectivity index (χ1v) is 4.10. The number of Topliss-reactive ketones (excluding diaryl/α,β-unsaturated/α-hetero) is 1. The number of hydrogen-bond acceptors (Lipinski definition) is 2. The molecule has 0 radical (unpaired) electrons. The van der Waals surface area contributed by atoms with Crippen LogP contribution in [0.15, 0.2) is 0 Å². The number of carbonyl (C=O) groups excluding carboxylic acids is 1. The molecule has 0 amide bonds. The van der Waals surface area contributed by atoms with Gasteiger partial charge in [0.25, 0.3) is 0 Å². The molecule has 1 aliphatic heterocycles. The van der Waals surface area contributed by atoms with Crippen molar-refractivity contribution < 1.29 is 4.79 Å². The van der Waals surface area contributed by atoms with Crippen LogP contribution in [0, 0.1) is 0 Å². The minimum absolute atomic E-state index is 0. The van der Waals surface area contributed by atoms with E-state index in [4.69, 9.17) is 0 Å². The molecule has 0 bridgehead atoms. The quantitative estimate of drug-likeness (QED) is 0.674. The van der Waals surface area contributed by atoms with Crippen molar-refractivity contribution in [2.24, 2.45) is 0 Å². The highest BCUT2D eigenvalue weighted by Crippen LogP contribution is 2.09. The van der Waals surface area contributed by atoms with Gasteiger partial charge in [0.05, 0.1) is 4.83 Å². The third kappa shape index (κ3) is 3.12. The fourth-order valence-electron chi connectivity index (χ4n) is 0.883. The van der Waals surface area contributed by atoms with E-state index in [0.29, 0.717) is 12.2 Å². The van der Waals surface area contributed by atoms with E-state index in [9.17, 15) is 4.79 Å². The average molecular weight is 273 g/mol. The SMILES string of the molecule is Br.O=C1CCNCCC1Br. The van der Waals surface area contributed by atoms with E-state index >= 15 is 0 Å². The summed E-state index contributed by atoms with van der Waals surface area (Å²) >= 11 is 3.31. The van der Waals surface area contributed by atoms with Crippen molar-refractivity contribution in [1.82, 2.24) is 5.32 Å². The minimum Gasteiger partial charge on any atom is -0.316 e. The fourth-order valence-corrected chi connectivity index (χ4v) is 1.34. The van der Waals surface area contributed by atoms with Crippen LogP contribution in [0.4, 0.5) is 0 Å². The van der Waals surface area contributed by atoms with Crippen LogP contribution in [0.5, 0.6) is 0 Å². The molecule has 1 aliphatic rings. The van der Waals surface area contributed by atoms with Crippen molar-refractivity contribution in [3.05, 3.63) is 0 Å². The lowest BCUT2D eigenvalue weighted by Gasteiger charge is -1.99. The summed E-state index contributed by atoms with van der Waals surface area (Å²) in [5.41, 5.74) is 0. The third-order valence-corrected chi connectivity index (χ3v) is 2.44. The lowest BCUT2D eigenvalue weighted by Crippen LogP contribution is -2.13. The predicted octanol–water partition coefficient (Wildman–Crippen LogP) is 1.28. The summed E-state index contributed by atoms with van der Waals surface area (Å²) in [7, 11) is 0. The molecule has 1 rings (SSSR count). The molecule has 0 aromatic carbocycles. The number of ketones is 1. The molecule has 1 saturated heterocycles. The Hall–Kier alpha value is 0.590. The standard InChI is InChI=1S/C6H10BrNO.BrH/c7-5-1-3-8-4-2-6(5)9;/h5,8H,1-4H2;1H. The van der Waals surface area contributed by atoms with Gasteiger partial charge in [0.2, 0.25) is 0 Å². The molecule has 1 heterocycles. The van der Waals surface area contributed by atoms with Crippen LogP contribution < -0.4 is 5.32 Å². The van der Waals surface area contributed by atoms with Crippen LogP contribution in [-0.4, -0.2) is 23.7 Å². The van der Waals surface area contributed by atoms with Gasteiger partial charge in [-0.3, -0.25) is 4.79 Å². The van der Waals surface area contributed by atoms with Crippen LogP contribution >= 0.6 is 32.9 Å². The summed E-state index contributed by atoms with van der Waals surface area (Å²) in [5, 5.41) is 3.16. The van der Waals surface area contributed by atoms with Crippen LogP contribution in [0.3, 0.4) is 0 Å². The maximum absolute atomic E-state index is 10.9. The highest BCUT2D eigenvalue weighted by atomic mass is 79.9. The van der Waals surface area contributed by atoms with Crippen LogP contribution in [0.2, 0.25) is 0 Å². The van der Waals surface area contributed by atoms with E-state index in [1.54, 1.807) is 0 Å².